The highest BCUT2D eigenvalue weighted by molar-refractivity contribution is 6.02. The van der Waals surface area contributed by atoms with E-state index in [4.69, 9.17) is 4.52 Å². The average Bonchev–Trinajstić information content (AvgIpc) is 2.93. The van der Waals surface area contributed by atoms with E-state index in [1.165, 1.54) is 0 Å². The topological polar surface area (TPSA) is 87.4 Å². The lowest BCUT2D eigenvalue weighted by atomic mass is 10.3. The number of piperazine rings is 1. The summed E-state index contributed by atoms with van der Waals surface area (Å²) in [6, 6.07) is 3.24. The van der Waals surface area contributed by atoms with Crippen molar-refractivity contribution in [3.63, 3.8) is 0 Å². The molecule has 1 aliphatic heterocycles. The van der Waals surface area contributed by atoms with Crippen molar-refractivity contribution in [1.29, 1.82) is 0 Å². The summed E-state index contributed by atoms with van der Waals surface area (Å²) in [7, 11) is 2.09. The molecule has 22 heavy (non-hydrogen) atoms. The van der Waals surface area contributed by atoms with Gasteiger partial charge < -0.3 is 19.6 Å². The van der Waals surface area contributed by atoms with Gasteiger partial charge in [-0.3, -0.25) is 4.79 Å². The van der Waals surface area contributed by atoms with E-state index < -0.39 is 0 Å². The SMILES string of the molecule is Cc1cc(NC(=O)c2ccnc(N3CCN(C)CC3)n2)no1. The number of hydrogen-bond acceptors (Lipinski definition) is 7. The fourth-order valence-electron chi connectivity index (χ4n) is 2.24. The molecule has 0 aromatic carbocycles. The van der Waals surface area contributed by atoms with Crippen molar-refractivity contribution in [3.8, 4) is 0 Å². The molecule has 1 fully saturated rings. The van der Waals surface area contributed by atoms with Crippen LogP contribution in [0.2, 0.25) is 0 Å². The second kappa shape index (κ2) is 6.10. The van der Waals surface area contributed by atoms with Crippen molar-refractivity contribution >= 4 is 17.7 Å². The van der Waals surface area contributed by atoms with Crippen molar-refractivity contribution in [1.82, 2.24) is 20.0 Å². The molecule has 0 bridgehead atoms. The van der Waals surface area contributed by atoms with Crippen LogP contribution in [0.25, 0.3) is 0 Å². The fourth-order valence-corrected chi connectivity index (χ4v) is 2.24. The molecular weight excluding hydrogens is 284 g/mol. The van der Waals surface area contributed by atoms with E-state index in [9.17, 15) is 4.79 Å². The number of anilines is 2. The molecule has 1 amide bonds. The second-order valence-corrected chi connectivity index (χ2v) is 5.31. The first-order valence-corrected chi connectivity index (χ1v) is 7.13. The summed E-state index contributed by atoms with van der Waals surface area (Å²) in [4.78, 5) is 25.1. The predicted molar refractivity (Wildman–Crippen MR) is 80.9 cm³/mol. The quantitative estimate of drug-likeness (QED) is 0.896. The summed E-state index contributed by atoms with van der Waals surface area (Å²) in [5, 5.41) is 6.39. The summed E-state index contributed by atoms with van der Waals surface area (Å²) in [6.07, 6.45) is 1.60. The van der Waals surface area contributed by atoms with E-state index in [2.05, 4.69) is 37.3 Å². The minimum atomic E-state index is -0.328. The first-order valence-electron chi connectivity index (χ1n) is 7.13. The molecule has 0 radical (unpaired) electrons. The van der Waals surface area contributed by atoms with Gasteiger partial charge in [-0.15, -0.1) is 0 Å². The minimum absolute atomic E-state index is 0.310. The summed E-state index contributed by atoms with van der Waals surface area (Å²) in [5.74, 6) is 1.27. The van der Waals surface area contributed by atoms with Crippen LogP contribution in [0.15, 0.2) is 22.9 Å². The van der Waals surface area contributed by atoms with E-state index in [1.54, 1.807) is 25.3 Å². The Kier molecular flexibility index (Phi) is 4.01. The first-order chi connectivity index (χ1) is 10.6. The van der Waals surface area contributed by atoms with E-state index in [0.717, 1.165) is 26.2 Å². The molecule has 8 nitrogen and oxygen atoms in total. The lowest BCUT2D eigenvalue weighted by Gasteiger charge is -2.32. The highest BCUT2D eigenvalue weighted by atomic mass is 16.5. The number of nitrogens with zero attached hydrogens (tertiary/aromatic N) is 5. The predicted octanol–water partition coefficient (Wildman–Crippen LogP) is 0.777. The Hall–Kier alpha value is -2.48. The fraction of sp³-hybridized carbons (Fsp3) is 0.429. The number of likely N-dealkylation sites (N-methyl/N-ethyl adjacent to an activating group) is 1. The van der Waals surface area contributed by atoms with Gasteiger partial charge >= 0.3 is 0 Å². The molecule has 2 aromatic rings. The van der Waals surface area contributed by atoms with Gasteiger partial charge in [0.15, 0.2) is 5.82 Å². The van der Waals surface area contributed by atoms with E-state index >= 15 is 0 Å². The monoisotopic (exact) mass is 302 g/mol. The Balaban J connectivity index is 1.71. The van der Waals surface area contributed by atoms with E-state index in [0.29, 0.717) is 23.2 Å². The van der Waals surface area contributed by atoms with Gasteiger partial charge in [0, 0.05) is 38.4 Å². The van der Waals surface area contributed by atoms with Crippen LogP contribution in [0.3, 0.4) is 0 Å². The number of carbonyl (C=O) groups excluding carboxylic acids is 1. The van der Waals surface area contributed by atoms with Crippen LogP contribution in [-0.4, -0.2) is 59.2 Å². The lowest BCUT2D eigenvalue weighted by molar-refractivity contribution is 0.102. The molecule has 1 aliphatic rings. The van der Waals surface area contributed by atoms with Gasteiger partial charge in [0.2, 0.25) is 5.95 Å². The number of rotatable bonds is 3. The molecular formula is C14H18N6O2. The number of aryl methyl sites for hydroxylation is 1. The zero-order valence-corrected chi connectivity index (χ0v) is 12.6. The normalized spacial score (nSPS) is 15.8. The molecule has 8 heteroatoms. The summed E-state index contributed by atoms with van der Waals surface area (Å²) in [6.45, 7) is 5.38. The molecule has 0 unspecified atom stereocenters. The standard InChI is InChI=1S/C14H18N6O2/c1-10-9-12(18-22-10)17-13(21)11-3-4-15-14(16-11)20-7-5-19(2)6-8-20/h3-4,9H,5-8H2,1-2H3,(H,17,18,21). The third kappa shape index (κ3) is 3.22. The summed E-state index contributed by atoms with van der Waals surface area (Å²) >= 11 is 0. The van der Waals surface area contributed by atoms with Gasteiger partial charge in [-0.2, -0.15) is 0 Å². The number of amides is 1. The van der Waals surface area contributed by atoms with Crippen LogP contribution < -0.4 is 10.2 Å². The second-order valence-electron chi connectivity index (χ2n) is 5.31. The van der Waals surface area contributed by atoms with Gasteiger partial charge in [0.05, 0.1) is 0 Å². The maximum absolute atomic E-state index is 12.2. The maximum atomic E-state index is 12.2. The van der Waals surface area contributed by atoms with Crippen LogP contribution in [0.5, 0.6) is 0 Å². The smallest absolute Gasteiger partial charge is 0.275 e. The molecule has 1 N–H and O–H groups in total. The Morgan fingerprint density at radius 2 is 2.09 bits per heavy atom. The van der Waals surface area contributed by atoms with Crippen LogP contribution in [0, 0.1) is 6.92 Å². The van der Waals surface area contributed by atoms with Crippen LogP contribution in [-0.2, 0) is 0 Å². The number of carbonyl (C=O) groups is 1. The molecule has 116 valence electrons. The first kappa shape index (κ1) is 14.5. The number of nitrogens with one attached hydrogen (secondary N) is 1. The van der Waals surface area contributed by atoms with Crippen molar-refractivity contribution in [2.24, 2.45) is 0 Å². The molecule has 0 spiro atoms. The van der Waals surface area contributed by atoms with Crippen molar-refractivity contribution in [2.45, 2.75) is 6.92 Å². The Bertz CT molecular complexity index is 663. The van der Waals surface area contributed by atoms with Crippen molar-refractivity contribution in [2.75, 3.05) is 43.4 Å². The van der Waals surface area contributed by atoms with Gasteiger partial charge in [-0.1, -0.05) is 5.16 Å². The third-order valence-corrected chi connectivity index (χ3v) is 3.53. The number of aromatic nitrogens is 3. The van der Waals surface area contributed by atoms with Crippen LogP contribution >= 0.6 is 0 Å². The lowest BCUT2D eigenvalue weighted by Crippen LogP contribution is -2.45. The van der Waals surface area contributed by atoms with E-state index in [1.807, 2.05) is 0 Å². The zero-order chi connectivity index (χ0) is 15.5. The van der Waals surface area contributed by atoms with Gasteiger partial charge in [-0.25, -0.2) is 9.97 Å². The Labute approximate surface area is 128 Å². The minimum Gasteiger partial charge on any atom is -0.360 e. The highest BCUT2D eigenvalue weighted by Gasteiger charge is 2.18. The molecule has 3 heterocycles. The maximum Gasteiger partial charge on any atom is 0.275 e. The van der Waals surface area contributed by atoms with Crippen LogP contribution in [0.4, 0.5) is 11.8 Å². The van der Waals surface area contributed by atoms with Gasteiger partial charge in [0.25, 0.3) is 5.91 Å². The Morgan fingerprint density at radius 3 is 2.77 bits per heavy atom. The molecule has 1 saturated heterocycles. The van der Waals surface area contributed by atoms with Crippen LogP contribution in [0.1, 0.15) is 16.2 Å². The average molecular weight is 302 g/mol. The molecule has 0 aliphatic carbocycles. The summed E-state index contributed by atoms with van der Waals surface area (Å²) in [5.41, 5.74) is 0.310. The van der Waals surface area contributed by atoms with Gasteiger partial charge in [-0.05, 0) is 20.0 Å². The zero-order valence-electron chi connectivity index (χ0n) is 12.6. The Morgan fingerprint density at radius 1 is 1.32 bits per heavy atom. The van der Waals surface area contributed by atoms with Crippen molar-refractivity contribution in [3.05, 3.63) is 29.8 Å². The summed E-state index contributed by atoms with van der Waals surface area (Å²) < 4.78 is 4.92. The number of hydrogen-bond donors (Lipinski definition) is 1. The largest absolute Gasteiger partial charge is 0.360 e. The van der Waals surface area contributed by atoms with Gasteiger partial charge in [0.1, 0.15) is 11.5 Å². The molecule has 0 atom stereocenters. The molecule has 2 aromatic heterocycles. The highest BCUT2D eigenvalue weighted by Crippen LogP contribution is 2.12. The van der Waals surface area contributed by atoms with E-state index in [-0.39, 0.29) is 5.91 Å². The molecule has 0 saturated carbocycles. The third-order valence-electron chi connectivity index (χ3n) is 3.53. The molecule has 3 rings (SSSR count). The van der Waals surface area contributed by atoms with Crippen molar-refractivity contribution < 1.29 is 9.32 Å².